The van der Waals surface area contributed by atoms with Gasteiger partial charge >= 0.3 is 0 Å². The van der Waals surface area contributed by atoms with Crippen molar-refractivity contribution in [1.29, 1.82) is 0 Å². The summed E-state index contributed by atoms with van der Waals surface area (Å²) in [5.41, 5.74) is 6.01. The van der Waals surface area contributed by atoms with Crippen molar-refractivity contribution in [3.63, 3.8) is 0 Å². The van der Waals surface area contributed by atoms with Crippen molar-refractivity contribution in [1.82, 2.24) is 5.43 Å². The normalized spacial score (nSPS) is 13.4. The molecule has 0 fully saturated rings. The largest absolute Gasteiger partial charge is 0.457 e. The van der Waals surface area contributed by atoms with Gasteiger partial charge in [0.2, 0.25) is 0 Å². The summed E-state index contributed by atoms with van der Waals surface area (Å²) >= 11 is 1.59. The van der Waals surface area contributed by atoms with E-state index in [0.717, 1.165) is 27.8 Å². The minimum absolute atomic E-state index is 0.810. The standard InChI is InChI=1S/C16H13N2OS/c1-20-16-11-15(17-18-16)12-7-9-14(10-8-12)19-13-5-3-2-4-6-13/h2-11H,1H3. The Bertz CT molecular complexity index is 648. The summed E-state index contributed by atoms with van der Waals surface area (Å²) in [5, 5.41) is 5.09. The zero-order valence-corrected chi connectivity index (χ0v) is 11.8. The summed E-state index contributed by atoms with van der Waals surface area (Å²) in [5.74, 6) is 1.64. The van der Waals surface area contributed by atoms with Gasteiger partial charge in [0.1, 0.15) is 16.5 Å². The molecule has 99 valence electrons. The van der Waals surface area contributed by atoms with Crippen LogP contribution in [0.5, 0.6) is 11.5 Å². The zero-order valence-electron chi connectivity index (χ0n) is 11.0. The van der Waals surface area contributed by atoms with Crippen molar-refractivity contribution in [3.05, 3.63) is 71.3 Å². The molecular formula is C16H13N2OS. The van der Waals surface area contributed by atoms with Crippen LogP contribution < -0.4 is 10.2 Å². The quantitative estimate of drug-likeness (QED) is 0.849. The SMILES string of the molecule is CSC1=CC(c2ccc(Oc3ccccc3)cc2)=N[N]1. The van der Waals surface area contributed by atoms with Crippen LogP contribution >= 0.6 is 11.8 Å². The fourth-order valence-corrected chi connectivity index (χ4v) is 2.19. The Balaban J connectivity index is 1.74. The van der Waals surface area contributed by atoms with Gasteiger partial charge in [-0.2, -0.15) is 0 Å². The number of para-hydroxylation sites is 1. The molecule has 20 heavy (non-hydrogen) atoms. The number of benzene rings is 2. The number of allylic oxidation sites excluding steroid dienone is 1. The Morgan fingerprint density at radius 2 is 1.60 bits per heavy atom. The lowest BCUT2D eigenvalue weighted by Crippen LogP contribution is -1.94. The Morgan fingerprint density at radius 1 is 0.900 bits per heavy atom. The first kappa shape index (κ1) is 12.8. The molecule has 0 aromatic heterocycles. The van der Waals surface area contributed by atoms with Gasteiger partial charge in [0.25, 0.3) is 0 Å². The van der Waals surface area contributed by atoms with Crippen LogP contribution in [0.4, 0.5) is 0 Å². The van der Waals surface area contributed by atoms with Crippen LogP contribution in [0.3, 0.4) is 0 Å². The third-order valence-corrected chi connectivity index (χ3v) is 3.47. The predicted octanol–water partition coefficient (Wildman–Crippen LogP) is 4.01. The molecule has 2 aromatic rings. The van der Waals surface area contributed by atoms with Gasteiger partial charge in [-0.1, -0.05) is 18.2 Å². The van der Waals surface area contributed by atoms with Crippen LogP contribution in [-0.2, 0) is 0 Å². The van der Waals surface area contributed by atoms with E-state index in [1.165, 1.54) is 0 Å². The number of hydrogen-bond acceptors (Lipinski definition) is 3. The molecular weight excluding hydrogens is 268 g/mol. The number of rotatable bonds is 4. The van der Waals surface area contributed by atoms with Gasteiger partial charge in [-0.05, 0) is 42.7 Å². The summed E-state index contributed by atoms with van der Waals surface area (Å²) in [6.07, 6.45) is 3.97. The van der Waals surface area contributed by atoms with Crippen LogP contribution in [0.25, 0.3) is 0 Å². The molecule has 1 radical (unpaired) electrons. The highest BCUT2D eigenvalue weighted by molar-refractivity contribution is 8.02. The molecule has 0 aliphatic carbocycles. The Labute approximate surface area is 122 Å². The van der Waals surface area contributed by atoms with Crippen molar-refractivity contribution < 1.29 is 4.74 Å². The van der Waals surface area contributed by atoms with E-state index >= 15 is 0 Å². The highest BCUT2D eigenvalue weighted by Crippen LogP contribution is 2.23. The second-order valence-corrected chi connectivity index (χ2v) is 5.04. The van der Waals surface area contributed by atoms with Crippen molar-refractivity contribution in [2.75, 3.05) is 6.26 Å². The first-order chi connectivity index (χ1) is 9.85. The molecule has 2 aromatic carbocycles. The van der Waals surface area contributed by atoms with Crippen LogP contribution in [0.1, 0.15) is 5.56 Å². The molecule has 0 bridgehead atoms. The average Bonchev–Trinajstić information content (AvgIpc) is 2.98. The molecule has 0 unspecified atom stereocenters. The molecule has 3 rings (SSSR count). The number of thioether (sulfide) groups is 1. The summed E-state index contributed by atoms with van der Waals surface area (Å²) in [4.78, 5) is 0. The highest BCUT2D eigenvalue weighted by atomic mass is 32.2. The molecule has 0 spiro atoms. The minimum atomic E-state index is 0.810. The van der Waals surface area contributed by atoms with Crippen molar-refractivity contribution in [2.24, 2.45) is 5.10 Å². The zero-order chi connectivity index (χ0) is 13.8. The van der Waals surface area contributed by atoms with E-state index < -0.39 is 0 Å². The van der Waals surface area contributed by atoms with Gasteiger partial charge in [0.05, 0.1) is 5.71 Å². The molecule has 0 saturated carbocycles. The maximum absolute atomic E-state index is 5.76. The van der Waals surface area contributed by atoms with E-state index in [2.05, 4.69) is 10.5 Å². The van der Waals surface area contributed by atoms with Crippen LogP contribution in [0.15, 0.2) is 70.8 Å². The van der Waals surface area contributed by atoms with E-state index in [0.29, 0.717) is 0 Å². The molecule has 1 heterocycles. The maximum Gasteiger partial charge on any atom is 0.127 e. The van der Waals surface area contributed by atoms with Gasteiger partial charge < -0.3 is 4.74 Å². The lowest BCUT2D eigenvalue weighted by atomic mass is 10.1. The lowest BCUT2D eigenvalue weighted by Gasteiger charge is -2.05. The summed E-state index contributed by atoms with van der Waals surface area (Å²) in [6.45, 7) is 0. The Morgan fingerprint density at radius 3 is 2.25 bits per heavy atom. The van der Waals surface area contributed by atoms with E-state index in [4.69, 9.17) is 4.74 Å². The number of ether oxygens (including phenoxy) is 1. The van der Waals surface area contributed by atoms with Gasteiger partial charge in [-0.3, -0.25) is 0 Å². The number of hydrogen-bond donors (Lipinski definition) is 0. The first-order valence-electron chi connectivity index (χ1n) is 6.23. The molecule has 1 aliphatic rings. The summed E-state index contributed by atoms with van der Waals surface area (Å²) in [6, 6.07) is 17.6. The third kappa shape index (κ3) is 2.86. The van der Waals surface area contributed by atoms with Crippen LogP contribution in [-0.4, -0.2) is 12.0 Å². The summed E-state index contributed by atoms with van der Waals surface area (Å²) < 4.78 is 5.76. The first-order valence-corrected chi connectivity index (χ1v) is 7.45. The van der Waals surface area contributed by atoms with E-state index in [-0.39, 0.29) is 0 Å². The average molecular weight is 281 g/mol. The molecule has 0 N–H and O–H groups in total. The van der Waals surface area contributed by atoms with Crippen molar-refractivity contribution >= 4 is 17.5 Å². The lowest BCUT2D eigenvalue weighted by molar-refractivity contribution is 0.482. The van der Waals surface area contributed by atoms with Crippen molar-refractivity contribution in [3.8, 4) is 11.5 Å². The smallest absolute Gasteiger partial charge is 0.127 e. The second kappa shape index (κ2) is 5.84. The number of nitrogens with zero attached hydrogens (tertiary/aromatic N) is 2. The molecule has 1 aliphatic heterocycles. The van der Waals surface area contributed by atoms with Gasteiger partial charge in [0, 0.05) is 11.6 Å². The van der Waals surface area contributed by atoms with Crippen LogP contribution in [0.2, 0.25) is 0 Å². The van der Waals surface area contributed by atoms with E-state index in [1.54, 1.807) is 11.8 Å². The molecule has 0 saturated heterocycles. The Hall–Kier alpha value is -2.20. The van der Waals surface area contributed by atoms with Crippen LogP contribution in [0, 0.1) is 0 Å². The minimum Gasteiger partial charge on any atom is -0.457 e. The molecule has 0 amide bonds. The highest BCUT2D eigenvalue weighted by Gasteiger charge is 2.11. The fourth-order valence-electron chi connectivity index (χ4n) is 1.84. The molecule has 4 heteroatoms. The topological polar surface area (TPSA) is 35.7 Å². The van der Waals surface area contributed by atoms with E-state index in [1.807, 2.05) is 66.9 Å². The van der Waals surface area contributed by atoms with Gasteiger partial charge in [0.15, 0.2) is 0 Å². The van der Waals surface area contributed by atoms with E-state index in [9.17, 15) is 0 Å². The second-order valence-electron chi connectivity index (χ2n) is 4.21. The van der Waals surface area contributed by atoms with Crippen molar-refractivity contribution in [2.45, 2.75) is 0 Å². The fraction of sp³-hybridized carbons (Fsp3) is 0.0625. The Kier molecular flexibility index (Phi) is 3.74. The third-order valence-electron chi connectivity index (χ3n) is 2.85. The molecule has 3 nitrogen and oxygen atoms in total. The summed E-state index contributed by atoms with van der Waals surface area (Å²) in [7, 11) is 0. The monoisotopic (exact) mass is 281 g/mol. The predicted molar refractivity (Wildman–Crippen MR) is 83.2 cm³/mol. The van der Waals surface area contributed by atoms with Gasteiger partial charge in [-0.25, -0.2) is 0 Å². The molecule has 0 atom stereocenters. The van der Waals surface area contributed by atoms with Gasteiger partial charge in [-0.15, -0.1) is 22.3 Å². The maximum atomic E-state index is 5.76.